The minimum atomic E-state index is 0.0749. The first-order valence-electron chi connectivity index (χ1n) is 9.74. The summed E-state index contributed by atoms with van der Waals surface area (Å²) in [5.41, 5.74) is 4.96. The standard InChI is InChI=1S/C22H27N3O2/c1-27-21-9-7-20(8-10-21)25-13-11-24(12-14-25)16-22(26)23-19-6-5-17-3-2-4-18(17)15-19/h5-10,15H,2-4,11-14,16H2,1H3,(H,23,26). The van der Waals surface area contributed by atoms with E-state index in [-0.39, 0.29) is 5.91 Å². The molecule has 0 aromatic heterocycles. The number of hydrogen-bond acceptors (Lipinski definition) is 4. The van der Waals surface area contributed by atoms with Gasteiger partial charge in [0.15, 0.2) is 0 Å². The zero-order valence-electron chi connectivity index (χ0n) is 15.9. The van der Waals surface area contributed by atoms with Crippen molar-refractivity contribution in [2.24, 2.45) is 0 Å². The second-order valence-corrected chi connectivity index (χ2v) is 7.35. The molecule has 1 N–H and O–H groups in total. The average Bonchev–Trinajstić information content (AvgIpc) is 3.16. The Morgan fingerprint density at radius 2 is 1.74 bits per heavy atom. The largest absolute Gasteiger partial charge is 0.497 e. The van der Waals surface area contributed by atoms with E-state index in [0.717, 1.165) is 44.0 Å². The highest BCUT2D eigenvalue weighted by Crippen LogP contribution is 2.25. The molecule has 0 atom stereocenters. The lowest BCUT2D eigenvalue weighted by atomic mass is 10.1. The summed E-state index contributed by atoms with van der Waals surface area (Å²) < 4.78 is 5.22. The fraction of sp³-hybridized carbons (Fsp3) is 0.409. The Hall–Kier alpha value is -2.53. The topological polar surface area (TPSA) is 44.8 Å². The van der Waals surface area contributed by atoms with Crippen molar-refractivity contribution in [2.75, 3.05) is 50.1 Å². The maximum absolute atomic E-state index is 12.4. The lowest BCUT2D eigenvalue weighted by molar-refractivity contribution is -0.117. The summed E-state index contributed by atoms with van der Waals surface area (Å²) in [5.74, 6) is 0.950. The van der Waals surface area contributed by atoms with Gasteiger partial charge in [0.2, 0.25) is 5.91 Å². The van der Waals surface area contributed by atoms with Crippen molar-refractivity contribution in [3.63, 3.8) is 0 Å². The highest BCUT2D eigenvalue weighted by Gasteiger charge is 2.19. The van der Waals surface area contributed by atoms with E-state index in [0.29, 0.717) is 6.54 Å². The number of anilines is 2. The van der Waals surface area contributed by atoms with E-state index in [1.54, 1.807) is 7.11 Å². The van der Waals surface area contributed by atoms with Crippen molar-refractivity contribution in [3.8, 4) is 5.75 Å². The zero-order chi connectivity index (χ0) is 18.6. The van der Waals surface area contributed by atoms with Gasteiger partial charge in [-0.15, -0.1) is 0 Å². The van der Waals surface area contributed by atoms with Gasteiger partial charge in [-0.3, -0.25) is 9.69 Å². The first-order valence-corrected chi connectivity index (χ1v) is 9.74. The van der Waals surface area contributed by atoms with Gasteiger partial charge in [0, 0.05) is 37.6 Å². The quantitative estimate of drug-likeness (QED) is 0.885. The van der Waals surface area contributed by atoms with E-state index >= 15 is 0 Å². The smallest absolute Gasteiger partial charge is 0.238 e. The molecule has 142 valence electrons. The molecule has 2 aromatic carbocycles. The number of methoxy groups -OCH3 is 1. The Kier molecular flexibility index (Phi) is 5.30. The van der Waals surface area contributed by atoms with Crippen LogP contribution in [0.15, 0.2) is 42.5 Å². The second kappa shape index (κ2) is 8.01. The van der Waals surface area contributed by atoms with E-state index in [2.05, 4.69) is 39.4 Å². The van der Waals surface area contributed by atoms with E-state index in [1.807, 2.05) is 18.2 Å². The van der Waals surface area contributed by atoms with Crippen LogP contribution in [0.1, 0.15) is 17.5 Å². The summed E-state index contributed by atoms with van der Waals surface area (Å²) in [6.07, 6.45) is 3.53. The molecule has 1 fully saturated rings. The van der Waals surface area contributed by atoms with Gasteiger partial charge in [0.1, 0.15) is 5.75 Å². The number of piperazine rings is 1. The van der Waals surface area contributed by atoms with Crippen molar-refractivity contribution in [2.45, 2.75) is 19.3 Å². The summed E-state index contributed by atoms with van der Waals surface area (Å²) in [5, 5.41) is 3.07. The molecular weight excluding hydrogens is 338 g/mol. The van der Waals surface area contributed by atoms with Crippen LogP contribution in [0.2, 0.25) is 0 Å². The number of benzene rings is 2. The molecular formula is C22H27N3O2. The van der Waals surface area contributed by atoms with Gasteiger partial charge in [-0.25, -0.2) is 0 Å². The molecule has 2 aliphatic rings. The molecule has 2 aromatic rings. The Labute approximate surface area is 160 Å². The fourth-order valence-corrected chi connectivity index (χ4v) is 4.01. The molecule has 1 heterocycles. The predicted molar refractivity (Wildman–Crippen MR) is 109 cm³/mol. The molecule has 5 heteroatoms. The van der Waals surface area contributed by atoms with Gasteiger partial charge in [-0.1, -0.05) is 6.07 Å². The average molecular weight is 365 g/mol. The SMILES string of the molecule is COc1ccc(N2CCN(CC(=O)Nc3ccc4c(c3)CCC4)CC2)cc1. The Morgan fingerprint density at radius 3 is 2.48 bits per heavy atom. The Morgan fingerprint density at radius 1 is 1.00 bits per heavy atom. The van der Waals surface area contributed by atoms with Crippen molar-refractivity contribution >= 4 is 17.3 Å². The van der Waals surface area contributed by atoms with E-state index in [1.165, 1.54) is 29.7 Å². The minimum Gasteiger partial charge on any atom is -0.497 e. The maximum atomic E-state index is 12.4. The first-order chi connectivity index (χ1) is 13.2. The third-order valence-corrected chi connectivity index (χ3v) is 5.56. The third kappa shape index (κ3) is 4.25. The molecule has 0 bridgehead atoms. The van der Waals surface area contributed by atoms with Crippen molar-refractivity contribution in [1.82, 2.24) is 4.90 Å². The molecule has 0 unspecified atom stereocenters. The molecule has 0 spiro atoms. The molecule has 1 amide bonds. The van der Waals surface area contributed by atoms with Crippen molar-refractivity contribution < 1.29 is 9.53 Å². The predicted octanol–water partition coefficient (Wildman–Crippen LogP) is 2.94. The molecule has 27 heavy (non-hydrogen) atoms. The van der Waals surface area contributed by atoms with E-state index < -0.39 is 0 Å². The summed E-state index contributed by atoms with van der Waals surface area (Å²) in [6.45, 7) is 4.09. The summed E-state index contributed by atoms with van der Waals surface area (Å²) >= 11 is 0. The van der Waals surface area contributed by atoms with Crippen LogP contribution in [-0.2, 0) is 17.6 Å². The van der Waals surface area contributed by atoms with Gasteiger partial charge in [0.05, 0.1) is 13.7 Å². The number of carbonyl (C=O) groups is 1. The number of carbonyl (C=O) groups excluding carboxylic acids is 1. The number of nitrogens with zero attached hydrogens (tertiary/aromatic N) is 2. The van der Waals surface area contributed by atoms with Gasteiger partial charge in [0.25, 0.3) is 0 Å². The summed E-state index contributed by atoms with van der Waals surface area (Å²) in [4.78, 5) is 17.0. The lowest BCUT2D eigenvalue weighted by Gasteiger charge is -2.35. The Balaban J connectivity index is 1.26. The number of nitrogens with one attached hydrogen (secondary N) is 1. The number of aryl methyl sites for hydroxylation is 2. The van der Waals surface area contributed by atoms with Crippen molar-refractivity contribution in [1.29, 1.82) is 0 Å². The second-order valence-electron chi connectivity index (χ2n) is 7.35. The normalized spacial score (nSPS) is 16.9. The number of ether oxygens (including phenoxy) is 1. The number of fused-ring (bicyclic) bond motifs is 1. The van der Waals surface area contributed by atoms with Crippen LogP contribution in [0.25, 0.3) is 0 Å². The number of rotatable bonds is 5. The van der Waals surface area contributed by atoms with Crippen LogP contribution in [-0.4, -0.2) is 50.6 Å². The lowest BCUT2D eigenvalue weighted by Crippen LogP contribution is -2.48. The fourth-order valence-electron chi connectivity index (χ4n) is 4.01. The van der Waals surface area contributed by atoms with Crippen LogP contribution in [0.5, 0.6) is 5.75 Å². The molecule has 0 saturated carbocycles. The molecule has 5 nitrogen and oxygen atoms in total. The summed E-state index contributed by atoms with van der Waals surface area (Å²) in [6, 6.07) is 14.5. The third-order valence-electron chi connectivity index (χ3n) is 5.56. The zero-order valence-corrected chi connectivity index (χ0v) is 15.9. The summed E-state index contributed by atoms with van der Waals surface area (Å²) in [7, 11) is 1.68. The van der Waals surface area contributed by atoms with Gasteiger partial charge in [-0.2, -0.15) is 0 Å². The number of hydrogen-bond donors (Lipinski definition) is 1. The van der Waals surface area contributed by atoms with Crippen LogP contribution in [0.4, 0.5) is 11.4 Å². The van der Waals surface area contributed by atoms with Crippen LogP contribution < -0.4 is 15.0 Å². The highest BCUT2D eigenvalue weighted by atomic mass is 16.5. The molecule has 1 aliphatic carbocycles. The minimum absolute atomic E-state index is 0.0749. The molecule has 1 saturated heterocycles. The molecule has 1 aliphatic heterocycles. The maximum Gasteiger partial charge on any atom is 0.238 e. The Bertz CT molecular complexity index is 796. The van der Waals surface area contributed by atoms with E-state index in [4.69, 9.17) is 4.74 Å². The van der Waals surface area contributed by atoms with Crippen LogP contribution in [0, 0.1) is 0 Å². The van der Waals surface area contributed by atoms with Gasteiger partial charge < -0.3 is 15.0 Å². The highest BCUT2D eigenvalue weighted by molar-refractivity contribution is 5.92. The molecule has 4 rings (SSSR count). The van der Waals surface area contributed by atoms with Crippen LogP contribution >= 0.6 is 0 Å². The van der Waals surface area contributed by atoms with E-state index in [9.17, 15) is 4.79 Å². The molecule has 0 radical (unpaired) electrons. The number of amides is 1. The van der Waals surface area contributed by atoms with Crippen molar-refractivity contribution in [3.05, 3.63) is 53.6 Å². The van der Waals surface area contributed by atoms with Gasteiger partial charge >= 0.3 is 0 Å². The van der Waals surface area contributed by atoms with Gasteiger partial charge in [-0.05, 0) is 66.8 Å². The first kappa shape index (κ1) is 17.9. The monoisotopic (exact) mass is 365 g/mol. The van der Waals surface area contributed by atoms with Crippen LogP contribution in [0.3, 0.4) is 0 Å².